The van der Waals surface area contributed by atoms with E-state index in [2.05, 4.69) is 21.2 Å². The van der Waals surface area contributed by atoms with Crippen molar-refractivity contribution >= 4 is 5.91 Å². The summed E-state index contributed by atoms with van der Waals surface area (Å²) in [5, 5.41) is 9.20. The highest BCUT2D eigenvalue weighted by atomic mass is 16.5. The molecular formula is C24H38N4O3. The van der Waals surface area contributed by atoms with Crippen molar-refractivity contribution in [1.82, 2.24) is 19.9 Å². The number of nitrogens with zero attached hydrogens (tertiary/aromatic N) is 4. The first kappa shape index (κ1) is 21.4. The van der Waals surface area contributed by atoms with Crippen LogP contribution in [0.5, 0.6) is 0 Å². The Kier molecular flexibility index (Phi) is 6.60. The van der Waals surface area contributed by atoms with E-state index in [0.717, 1.165) is 38.5 Å². The molecule has 0 bridgehead atoms. The molecule has 172 valence electrons. The first-order valence-electron chi connectivity index (χ1n) is 12.6. The monoisotopic (exact) mass is 430 g/mol. The minimum atomic E-state index is 0.128. The van der Waals surface area contributed by atoms with E-state index in [4.69, 9.17) is 9.47 Å². The molecule has 0 unspecified atom stereocenters. The van der Waals surface area contributed by atoms with Gasteiger partial charge in [0.05, 0.1) is 17.8 Å². The van der Waals surface area contributed by atoms with Crippen LogP contribution in [0.3, 0.4) is 0 Å². The number of carbonyl (C=O) groups is 1. The molecule has 1 amide bonds. The second kappa shape index (κ2) is 9.57. The Morgan fingerprint density at radius 3 is 2.61 bits per heavy atom. The van der Waals surface area contributed by atoms with Crippen LogP contribution in [0.15, 0.2) is 6.20 Å². The highest BCUT2D eigenvalue weighted by Crippen LogP contribution is 2.43. The maximum Gasteiger partial charge on any atom is 0.248 e. The van der Waals surface area contributed by atoms with E-state index >= 15 is 0 Å². The third-order valence-electron chi connectivity index (χ3n) is 8.00. The molecule has 5 rings (SSSR count). The molecule has 0 radical (unpaired) electrons. The largest absolute Gasteiger partial charge is 0.376 e. The normalized spacial score (nSPS) is 31.7. The number of ether oxygens (including phenoxy) is 2. The van der Waals surface area contributed by atoms with Crippen molar-refractivity contribution in [3.05, 3.63) is 11.9 Å². The summed E-state index contributed by atoms with van der Waals surface area (Å²) in [4.78, 5) is 14.5. The lowest BCUT2D eigenvalue weighted by atomic mass is 9.77. The summed E-state index contributed by atoms with van der Waals surface area (Å²) in [7, 11) is 0. The first-order chi connectivity index (χ1) is 15.2. The molecule has 3 aliphatic carbocycles. The fourth-order valence-electron chi connectivity index (χ4n) is 5.91. The van der Waals surface area contributed by atoms with E-state index < -0.39 is 0 Å². The number of fused-ring (bicyclic) bond motifs is 1. The van der Waals surface area contributed by atoms with E-state index in [1.807, 2.05) is 11.8 Å². The maximum absolute atomic E-state index is 12.5. The van der Waals surface area contributed by atoms with Crippen LogP contribution in [0.4, 0.5) is 0 Å². The SMILES string of the molecule is CCOCC(=O)N1C[C@H]2C[C@@H](n3cc(C4CCCCC4)nn3)[C@H](OCC3CC3)C[C@H]2C1. The Morgan fingerprint density at radius 2 is 1.87 bits per heavy atom. The highest BCUT2D eigenvalue weighted by molar-refractivity contribution is 5.77. The molecule has 4 fully saturated rings. The van der Waals surface area contributed by atoms with E-state index in [1.165, 1.54) is 50.6 Å². The molecule has 4 aliphatic rings. The van der Waals surface area contributed by atoms with Crippen molar-refractivity contribution in [3.8, 4) is 0 Å². The predicted molar refractivity (Wildman–Crippen MR) is 117 cm³/mol. The number of likely N-dealkylation sites (tertiary alicyclic amines) is 1. The standard InChI is InChI=1S/C24H38N4O3/c1-2-30-16-24(29)27-12-19-10-22(23(11-20(19)13-27)31-15-17-8-9-17)28-14-21(25-26-28)18-6-4-3-5-7-18/h14,17-20,22-23H,2-13,15-16H2,1H3/t19-,20+,22-,23-/m1/s1. The van der Waals surface area contributed by atoms with Crippen LogP contribution >= 0.6 is 0 Å². The summed E-state index contributed by atoms with van der Waals surface area (Å²) in [5.41, 5.74) is 1.17. The zero-order chi connectivity index (χ0) is 21.2. The predicted octanol–water partition coefficient (Wildman–Crippen LogP) is 3.57. The van der Waals surface area contributed by atoms with Gasteiger partial charge in [0.15, 0.2) is 0 Å². The van der Waals surface area contributed by atoms with Gasteiger partial charge in [0.1, 0.15) is 6.61 Å². The average molecular weight is 431 g/mol. The van der Waals surface area contributed by atoms with E-state index in [1.54, 1.807) is 0 Å². The highest BCUT2D eigenvalue weighted by Gasteiger charge is 2.45. The van der Waals surface area contributed by atoms with Crippen LogP contribution in [0, 0.1) is 17.8 Å². The minimum Gasteiger partial charge on any atom is -0.376 e. The lowest BCUT2D eigenvalue weighted by Crippen LogP contribution is -2.38. The fraction of sp³-hybridized carbons (Fsp3) is 0.875. The molecule has 1 aromatic heterocycles. The van der Waals surface area contributed by atoms with Crippen molar-refractivity contribution in [3.63, 3.8) is 0 Å². The van der Waals surface area contributed by atoms with Crippen LogP contribution < -0.4 is 0 Å². The van der Waals surface area contributed by atoms with Gasteiger partial charge in [0.25, 0.3) is 0 Å². The number of hydrogen-bond donors (Lipinski definition) is 0. The van der Waals surface area contributed by atoms with Crippen LogP contribution in [-0.4, -0.2) is 64.8 Å². The zero-order valence-electron chi connectivity index (χ0n) is 19.0. The molecule has 1 aliphatic heterocycles. The Labute approximate surface area is 185 Å². The topological polar surface area (TPSA) is 69.5 Å². The quantitative estimate of drug-likeness (QED) is 0.631. The van der Waals surface area contributed by atoms with Gasteiger partial charge >= 0.3 is 0 Å². The summed E-state index contributed by atoms with van der Waals surface area (Å²) in [6, 6.07) is 0.229. The van der Waals surface area contributed by atoms with Gasteiger partial charge in [-0.15, -0.1) is 5.10 Å². The van der Waals surface area contributed by atoms with Crippen molar-refractivity contribution in [2.45, 2.75) is 82.8 Å². The summed E-state index contributed by atoms with van der Waals surface area (Å²) in [6.45, 7) is 5.28. The Morgan fingerprint density at radius 1 is 1.10 bits per heavy atom. The number of aromatic nitrogens is 3. The van der Waals surface area contributed by atoms with Gasteiger partial charge in [-0.2, -0.15) is 0 Å². The Balaban J connectivity index is 1.28. The number of amides is 1. The summed E-state index contributed by atoms with van der Waals surface area (Å²) in [6.07, 6.45) is 13.5. The Bertz CT molecular complexity index is 743. The van der Waals surface area contributed by atoms with E-state index in [0.29, 0.717) is 24.4 Å². The molecule has 2 heterocycles. The molecule has 1 aromatic rings. The van der Waals surface area contributed by atoms with Crippen molar-refractivity contribution in [2.75, 3.05) is 32.9 Å². The van der Waals surface area contributed by atoms with Crippen LogP contribution in [0.25, 0.3) is 0 Å². The van der Waals surface area contributed by atoms with Gasteiger partial charge in [-0.25, -0.2) is 4.68 Å². The summed E-state index contributed by atoms with van der Waals surface area (Å²) < 4.78 is 14.0. The van der Waals surface area contributed by atoms with E-state index in [9.17, 15) is 4.79 Å². The van der Waals surface area contributed by atoms with Gasteiger partial charge < -0.3 is 14.4 Å². The van der Waals surface area contributed by atoms with Gasteiger partial charge in [-0.3, -0.25) is 4.79 Å². The smallest absolute Gasteiger partial charge is 0.248 e. The molecule has 4 atom stereocenters. The van der Waals surface area contributed by atoms with Gasteiger partial charge in [-0.05, 0) is 63.2 Å². The minimum absolute atomic E-state index is 0.128. The number of carbonyl (C=O) groups excluding carboxylic acids is 1. The van der Waals surface area contributed by atoms with Crippen LogP contribution in [0.1, 0.15) is 82.4 Å². The van der Waals surface area contributed by atoms with Gasteiger partial charge in [0.2, 0.25) is 5.91 Å². The molecule has 31 heavy (non-hydrogen) atoms. The summed E-state index contributed by atoms with van der Waals surface area (Å²) >= 11 is 0. The van der Waals surface area contributed by atoms with Crippen molar-refractivity contribution in [1.29, 1.82) is 0 Å². The number of hydrogen-bond acceptors (Lipinski definition) is 5. The lowest BCUT2D eigenvalue weighted by Gasteiger charge is -2.37. The van der Waals surface area contributed by atoms with Crippen molar-refractivity contribution in [2.24, 2.45) is 17.8 Å². The second-order valence-corrected chi connectivity index (χ2v) is 10.3. The molecule has 1 saturated heterocycles. The van der Waals surface area contributed by atoms with Crippen molar-refractivity contribution < 1.29 is 14.3 Å². The molecule has 0 aromatic carbocycles. The molecule has 0 spiro atoms. The van der Waals surface area contributed by atoms with Gasteiger partial charge in [-0.1, -0.05) is 24.5 Å². The van der Waals surface area contributed by atoms with E-state index in [-0.39, 0.29) is 24.7 Å². The maximum atomic E-state index is 12.5. The van der Waals surface area contributed by atoms with Crippen LogP contribution in [-0.2, 0) is 14.3 Å². The Hall–Kier alpha value is -1.47. The molecule has 7 heteroatoms. The molecular weight excluding hydrogens is 392 g/mol. The summed E-state index contributed by atoms with van der Waals surface area (Å²) in [5.74, 6) is 2.48. The third-order valence-corrected chi connectivity index (χ3v) is 8.00. The third kappa shape index (κ3) is 4.98. The van der Waals surface area contributed by atoms with Gasteiger partial charge in [0, 0.05) is 38.4 Å². The number of rotatable bonds is 8. The average Bonchev–Trinajstić information content (AvgIpc) is 3.33. The zero-order valence-corrected chi connectivity index (χ0v) is 19.0. The molecule has 0 N–H and O–H groups in total. The van der Waals surface area contributed by atoms with Crippen LogP contribution in [0.2, 0.25) is 0 Å². The second-order valence-electron chi connectivity index (χ2n) is 10.3. The first-order valence-corrected chi connectivity index (χ1v) is 12.6. The molecule has 3 saturated carbocycles. The molecule has 7 nitrogen and oxygen atoms in total. The fourth-order valence-corrected chi connectivity index (χ4v) is 5.91. The lowest BCUT2D eigenvalue weighted by molar-refractivity contribution is -0.135.